The SMILES string of the molecule is Cn1ncc(Br)c1C(F)F. The Kier molecular flexibility index (Phi) is 2.03. The van der Waals surface area contributed by atoms with Gasteiger partial charge in [0, 0.05) is 7.05 Å². The third-order valence-corrected chi connectivity index (χ3v) is 1.76. The van der Waals surface area contributed by atoms with Crippen molar-refractivity contribution < 1.29 is 8.78 Å². The highest BCUT2D eigenvalue weighted by molar-refractivity contribution is 9.10. The Balaban J connectivity index is 3.10. The summed E-state index contributed by atoms with van der Waals surface area (Å²) in [4.78, 5) is 0. The molecule has 1 heterocycles. The van der Waals surface area contributed by atoms with E-state index in [1.807, 2.05) is 0 Å². The predicted molar refractivity (Wildman–Crippen MR) is 35.9 cm³/mol. The molecule has 0 aliphatic rings. The minimum atomic E-state index is -2.47. The van der Waals surface area contributed by atoms with Gasteiger partial charge in [-0.3, -0.25) is 4.68 Å². The van der Waals surface area contributed by atoms with Crippen LogP contribution in [0.4, 0.5) is 8.78 Å². The van der Waals surface area contributed by atoms with Crippen molar-refractivity contribution >= 4 is 15.9 Å². The molecule has 0 fully saturated rings. The highest BCUT2D eigenvalue weighted by Crippen LogP contribution is 2.25. The molecular formula is C5H5BrF2N2. The van der Waals surface area contributed by atoms with E-state index in [9.17, 15) is 8.78 Å². The summed E-state index contributed by atoms with van der Waals surface area (Å²) in [6.45, 7) is 0. The molecule has 0 N–H and O–H groups in total. The molecule has 56 valence electrons. The first-order chi connectivity index (χ1) is 4.63. The van der Waals surface area contributed by atoms with Gasteiger partial charge in [-0.2, -0.15) is 5.10 Å². The highest BCUT2D eigenvalue weighted by atomic mass is 79.9. The van der Waals surface area contributed by atoms with Crippen LogP contribution in [0, 0.1) is 0 Å². The fourth-order valence-corrected chi connectivity index (χ4v) is 1.19. The topological polar surface area (TPSA) is 17.8 Å². The van der Waals surface area contributed by atoms with E-state index in [0.717, 1.165) is 4.68 Å². The Morgan fingerprint density at radius 3 is 2.50 bits per heavy atom. The summed E-state index contributed by atoms with van der Waals surface area (Å²) in [5.74, 6) is 0. The number of hydrogen-bond donors (Lipinski definition) is 0. The first kappa shape index (κ1) is 7.65. The van der Waals surface area contributed by atoms with E-state index in [1.165, 1.54) is 13.2 Å². The van der Waals surface area contributed by atoms with Crippen LogP contribution in [-0.2, 0) is 7.05 Å². The lowest BCUT2D eigenvalue weighted by molar-refractivity contribution is 0.140. The predicted octanol–water partition coefficient (Wildman–Crippen LogP) is 2.12. The molecule has 1 aromatic rings. The quantitative estimate of drug-likeness (QED) is 0.695. The van der Waals surface area contributed by atoms with E-state index in [4.69, 9.17) is 0 Å². The smallest absolute Gasteiger partial charge is 0.266 e. The zero-order chi connectivity index (χ0) is 7.72. The summed E-state index contributed by atoms with van der Waals surface area (Å²) < 4.78 is 25.6. The zero-order valence-electron chi connectivity index (χ0n) is 5.18. The molecule has 0 radical (unpaired) electrons. The van der Waals surface area contributed by atoms with E-state index in [1.54, 1.807) is 0 Å². The maximum absolute atomic E-state index is 12.0. The lowest BCUT2D eigenvalue weighted by Crippen LogP contribution is -1.98. The molecule has 0 aliphatic carbocycles. The Hall–Kier alpha value is -0.450. The minimum Gasteiger partial charge on any atom is -0.266 e. The second kappa shape index (κ2) is 2.65. The summed E-state index contributed by atoms with van der Waals surface area (Å²) in [7, 11) is 1.48. The first-order valence-corrected chi connectivity index (χ1v) is 3.37. The Labute approximate surface area is 65.0 Å². The van der Waals surface area contributed by atoms with Crippen molar-refractivity contribution in [1.29, 1.82) is 0 Å². The Morgan fingerprint density at radius 1 is 1.70 bits per heavy atom. The number of aromatic nitrogens is 2. The van der Waals surface area contributed by atoms with E-state index in [-0.39, 0.29) is 5.69 Å². The molecule has 10 heavy (non-hydrogen) atoms. The number of rotatable bonds is 1. The average Bonchev–Trinajstić information content (AvgIpc) is 2.11. The van der Waals surface area contributed by atoms with Crippen molar-refractivity contribution in [1.82, 2.24) is 9.78 Å². The lowest BCUT2D eigenvalue weighted by atomic mass is 10.4. The third kappa shape index (κ3) is 1.18. The van der Waals surface area contributed by atoms with E-state index >= 15 is 0 Å². The number of alkyl halides is 2. The van der Waals surface area contributed by atoms with Crippen LogP contribution in [0.3, 0.4) is 0 Å². The number of nitrogens with zero attached hydrogens (tertiary/aromatic N) is 2. The van der Waals surface area contributed by atoms with Crippen molar-refractivity contribution in [3.8, 4) is 0 Å². The standard InChI is InChI=1S/C5H5BrF2N2/c1-10-4(5(7)8)3(6)2-9-10/h2,5H,1H3. The summed E-state index contributed by atoms with van der Waals surface area (Å²) in [5, 5.41) is 3.63. The van der Waals surface area contributed by atoms with Crippen LogP contribution in [0.2, 0.25) is 0 Å². The lowest BCUT2D eigenvalue weighted by Gasteiger charge is -1.98. The molecule has 0 amide bonds. The van der Waals surface area contributed by atoms with Crippen molar-refractivity contribution in [3.05, 3.63) is 16.4 Å². The summed E-state index contributed by atoms with van der Waals surface area (Å²) >= 11 is 2.95. The molecule has 2 nitrogen and oxygen atoms in total. The van der Waals surface area contributed by atoms with Crippen molar-refractivity contribution in [2.24, 2.45) is 7.05 Å². The third-order valence-electron chi connectivity index (χ3n) is 1.14. The van der Waals surface area contributed by atoms with Crippen LogP contribution in [0.15, 0.2) is 10.7 Å². The zero-order valence-corrected chi connectivity index (χ0v) is 6.77. The van der Waals surface area contributed by atoms with E-state index < -0.39 is 6.43 Å². The van der Waals surface area contributed by atoms with Gasteiger partial charge in [-0.05, 0) is 15.9 Å². The number of hydrogen-bond acceptors (Lipinski definition) is 1. The fraction of sp³-hybridized carbons (Fsp3) is 0.400. The van der Waals surface area contributed by atoms with Gasteiger partial charge in [0.15, 0.2) is 0 Å². The molecule has 0 saturated heterocycles. The number of halogens is 3. The molecular weight excluding hydrogens is 206 g/mol. The van der Waals surface area contributed by atoms with Crippen LogP contribution < -0.4 is 0 Å². The van der Waals surface area contributed by atoms with Gasteiger partial charge in [0.1, 0.15) is 5.69 Å². The highest BCUT2D eigenvalue weighted by Gasteiger charge is 2.15. The van der Waals surface area contributed by atoms with E-state index in [0.29, 0.717) is 4.47 Å². The van der Waals surface area contributed by atoms with Crippen LogP contribution in [0.1, 0.15) is 12.1 Å². The van der Waals surface area contributed by atoms with Crippen LogP contribution >= 0.6 is 15.9 Å². The van der Waals surface area contributed by atoms with Gasteiger partial charge >= 0.3 is 0 Å². The molecule has 0 aromatic carbocycles. The molecule has 0 aliphatic heterocycles. The van der Waals surface area contributed by atoms with Crippen LogP contribution in [0.25, 0.3) is 0 Å². The minimum absolute atomic E-state index is 0.0833. The molecule has 0 unspecified atom stereocenters. The van der Waals surface area contributed by atoms with Gasteiger partial charge in [-0.1, -0.05) is 0 Å². The second-order valence-electron chi connectivity index (χ2n) is 1.80. The normalized spacial score (nSPS) is 10.9. The summed E-state index contributed by atoms with van der Waals surface area (Å²) in [5.41, 5.74) is -0.0833. The average molecular weight is 211 g/mol. The monoisotopic (exact) mass is 210 g/mol. The molecule has 5 heteroatoms. The van der Waals surface area contributed by atoms with Crippen molar-refractivity contribution in [2.75, 3.05) is 0 Å². The summed E-state index contributed by atoms with van der Waals surface area (Å²) in [6, 6.07) is 0. The van der Waals surface area contributed by atoms with Gasteiger partial charge in [-0.25, -0.2) is 8.78 Å². The van der Waals surface area contributed by atoms with Gasteiger partial charge in [-0.15, -0.1) is 0 Å². The maximum atomic E-state index is 12.0. The van der Waals surface area contributed by atoms with Crippen molar-refractivity contribution in [2.45, 2.75) is 6.43 Å². The Bertz CT molecular complexity index is 214. The van der Waals surface area contributed by atoms with Crippen molar-refractivity contribution in [3.63, 3.8) is 0 Å². The fourth-order valence-electron chi connectivity index (χ4n) is 0.666. The van der Waals surface area contributed by atoms with Gasteiger partial charge in [0.05, 0.1) is 10.7 Å². The van der Waals surface area contributed by atoms with Gasteiger partial charge < -0.3 is 0 Å². The maximum Gasteiger partial charge on any atom is 0.281 e. The second-order valence-corrected chi connectivity index (χ2v) is 2.66. The molecule has 1 aromatic heterocycles. The number of aryl methyl sites for hydroxylation is 1. The molecule has 0 saturated carbocycles. The molecule has 0 atom stereocenters. The molecule has 1 rings (SSSR count). The first-order valence-electron chi connectivity index (χ1n) is 2.58. The largest absolute Gasteiger partial charge is 0.281 e. The van der Waals surface area contributed by atoms with Crippen LogP contribution in [0.5, 0.6) is 0 Å². The van der Waals surface area contributed by atoms with Gasteiger partial charge in [0.2, 0.25) is 0 Å². The van der Waals surface area contributed by atoms with Gasteiger partial charge in [0.25, 0.3) is 6.43 Å². The summed E-state index contributed by atoms with van der Waals surface area (Å²) in [6.07, 6.45) is -1.12. The molecule has 0 bridgehead atoms. The molecule has 0 spiro atoms. The van der Waals surface area contributed by atoms with E-state index in [2.05, 4.69) is 21.0 Å². The van der Waals surface area contributed by atoms with Crippen LogP contribution in [-0.4, -0.2) is 9.78 Å². The Morgan fingerprint density at radius 2 is 2.30 bits per heavy atom.